The second-order valence-corrected chi connectivity index (χ2v) is 13.0. The summed E-state index contributed by atoms with van der Waals surface area (Å²) in [5, 5.41) is 0. The number of benzene rings is 6. The van der Waals surface area contributed by atoms with Crippen LogP contribution in [0.15, 0.2) is 146 Å². The molecule has 0 amide bonds. The van der Waals surface area contributed by atoms with Crippen molar-refractivity contribution in [3.63, 3.8) is 0 Å². The highest BCUT2D eigenvalue weighted by molar-refractivity contribution is 5.57. The van der Waals surface area contributed by atoms with E-state index in [1.807, 2.05) is 0 Å². The van der Waals surface area contributed by atoms with Gasteiger partial charge in [0.05, 0.1) is 0 Å². The zero-order valence-corrected chi connectivity index (χ0v) is 27.2. The van der Waals surface area contributed by atoms with Gasteiger partial charge in [-0.05, 0) is 89.5 Å². The minimum Gasteiger partial charge on any atom is -0.473 e. The van der Waals surface area contributed by atoms with Crippen LogP contribution in [0.1, 0.15) is 39.3 Å². The van der Waals surface area contributed by atoms with Crippen LogP contribution < -0.4 is 28.9 Å². The van der Waals surface area contributed by atoms with E-state index < -0.39 is 0 Å². The molecular weight excluding hydrogens is 606 g/mol. The van der Waals surface area contributed by atoms with Crippen molar-refractivity contribution in [1.29, 1.82) is 0 Å². The van der Waals surface area contributed by atoms with Crippen LogP contribution in [0.3, 0.4) is 0 Å². The van der Waals surface area contributed by atoms with Crippen molar-refractivity contribution in [2.24, 2.45) is 0 Å². The number of para-hydroxylation sites is 3. The van der Waals surface area contributed by atoms with Gasteiger partial charge in [-0.2, -0.15) is 0 Å². The first-order chi connectivity index (χ1) is 24.2. The molecule has 3 aliphatic rings. The van der Waals surface area contributed by atoms with Gasteiger partial charge in [-0.3, -0.25) is 0 Å². The molecule has 0 spiro atoms. The number of hydrogen-bond acceptors (Lipinski definition) is 6. The third-order valence-corrected chi connectivity index (χ3v) is 9.83. The zero-order valence-electron chi connectivity index (χ0n) is 27.2. The monoisotopic (exact) mass is 643 g/mol. The van der Waals surface area contributed by atoms with Crippen LogP contribution in [0.2, 0.25) is 0 Å². The lowest BCUT2D eigenvalue weighted by Crippen LogP contribution is -2.32. The molecule has 0 aromatic heterocycles. The molecule has 3 heterocycles. The Morgan fingerprint density at radius 1 is 0.367 bits per heavy atom. The van der Waals surface area contributed by atoms with Crippen LogP contribution in [0, 0.1) is 0 Å². The number of hydrogen-bond donors (Lipinski definition) is 0. The normalized spacial score (nSPS) is 15.0. The van der Waals surface area contributed by atoms with Crippen LogP contribution in [0.5, 0.6) is 17.2 Å². The molecule has 6 aromatic rings. The Bertz CT molecular complexity index is 1850. The molecule has 0 fully saturated rings. The molecule has 0 unspecified atom stereocenters. The topological polar surface area (TPSA) is 37.4 Å². The summed E-state index contributed by atoms with van der Waals surface area (Å²) in [6.45, 7) is 3.96. The Labute approximate surface area is 287 Å². The van der Waals surface area contributed by atoms with Gasteiger partial charge in [0.25, 0.3) is 0 Å². The maximum atomic E-state index is 6.27. The summed E-state index contributed by atoms with van der Waals surface area (Å²) in [4.78, 5) is 6.85. The van der Waals surface area contributed by atoms with Gasteiger partial charge in [-0.1, -0.05) is 72.8 Å². The van der Waals surface area contributed by atoms with Gasteiger partial charge in [-0.15, -0.1) is 0 Å². The average Bonchev–Trinajstić information content (AvgIpc) is 3.18. The fourth-order valence-electron chi connectivity index (χ4n) is 7.32. The molecule has 6 nitrogen and oxygen atoms in total. The highest BCUT2D eigenvalue weighted by Crippen LogP contribution is 2.41. The smallest absolute Gasteiger partial charge is 0.161 e. The highest BCUT2D eigenvalue weighted by atomic mass is 16.5. The van der Waals surface area contributed by atoms with Crippen LogP contribution in [0.4, 0.5) is 17.1 Å². The number of anilines is 3. The number of rotatable bonds is 6. The first kappa shape index (κ1) is 29.3. The SMILES string of the molecule is c1ccc(N2COc3ccc(C(c4ccc5c(c4)CN(c4ccccc4)CO5)c4ccc5c(c4)CN(c4ccccc4)CO5)cc3C2)cc1. The van der Waals surface area contributed by atoms with Crippen molar-refractivity contribution in [3.05, 3.63) is 179 Å². The van der Waals surface area contributed by atoms with Crippen molar-refractivity contribution in [3.8, 4) is 17.2 Å². The van der Waals surface area contributed by atoms with Crippen LogP contribution in [0.25, 0.3) is 0 Å². The first-order valence-electron chi connectivity index (χ1n) is 16.9. The van der Waals surface area contributed by atoms with Crippen molar-refractivity contribution in [2.75, 3.05) is 34.9 Å². The van der Waals surface area contributed by atoms with Crippen LogP contribution in [-0.4, -0.2) is 20.2 Å². The van der Waals surface area contributed by atoms with Gasteiger partial charge in [-0.25, -0.2) is 0 Å². The summed E-state index contributed by atoms with van der Waals surface area (Å²) in [5.41, 5.74) is 10.7. The predicted molar refractivity (Wildman–Crippen MR) is 195 cm³/mol. The number of ether oxygens (including phenoxy) is 3. The van der Waals surface area contributed by atoms with Crippen molar-refractivity contribution in [1.82, 2.24) is 0 Å². The van der Waals surface area contributed by atoms with E-state index in [1.54, 1.807) is 0 Å². The van der Waals surface area contributed by atoms with E-state index in [1.165, 1.54) is 33.4 Å². The summed E-state index contributed by atoms with van der Waals surface area (Å²) in [7, 11) is 0. The van der Waals surface area contributed by atoms with Gasteiger partial charge in [0.15, 0.2) is 20.2 Å². The third-order valence-electron chi connectivity index (χ3n) is 9.83. The molecule has 0 saturated heterocycles. The Balaban J connectivity index is 1.11. The molecule has 3 aliphatic heterocycles. The minimum atomic E-state index is -0.00722. The molecule has 0 aliphatic carbocycles. The van der Waals surface area contributed by atoms with E-state index in [4.69, 9.17) is 14.2 Å². The zero-order chi connectivity index (χ0) is 32.6. The van der Waals surface area contributed by atoms with E-state index in [2.05, 4.69) is 160 Å². The van der Waals surface area contributed by atoms with Crippen LogP contribution >= 0.6 is 0 Å². The average molecular weight is 644 g/mol. The van der Waals surface area contributed by atoms with E-state index >= 15 is 0 Å². The van der Waals surface area contributed by atoms with E-state index in [-0.39, 0.29) is 5.92 Å². The summed E-state index contributed by atoms with van der Waals surface area (Å²) in [6, 6.07) is 51.7. The largest absolute Gasteiger partial charge is 0.473 e. The molecule has 0 N–H and O–H groups in total. The van der Waals surface area contributed by atoms with Crippen molar-refractivity contribution >= 4 is 17.1 Å². The molecule has 0 radical (unpaired) electrons. The second-order valence-electron chi connectivity index (χ2n) is 13.0. The number of fused-ring (bicyclic) bond motifs is 3. The lowest BCUT2D eigenvalue weighted by atomic mass is 9.82. The molecule has 0 atom stereocenters. The molecule has 0 saturated carbocycles. The van der Waals surface area contributed by atoms with Gasteiger partial charge < -0.3 is 28.9 Å². The maximum Gasteiger partial charge on any atom is 0.161 e. The first-order valence-corrected chi connectivity index (χ1v) is 16.9. The Morgan fingerprint density at radius 3 is 0.980 bits per heavy atom. The van der Waals surface area contributed by atoms with Gasteiger partial charge >= 0.3 is 0 Å². The summed E-state index contributed by atoms with van der Waals surface area (Å²) in [6.07, 6.45) is 0. The number of nitrogens with zero attached hydrogens (tertiary/aromatic N) is 3. The van der Waals surface area contributed by atoms with Gasteiger partial charge in [0.2, 0.25) is 0 Å². The molecule has 49 heavy (non-hydrogen) atoms. The molecule has 242 valence electrons. The molecule has 0 bridgehead atoms. The highest BCUT2D eigenvalue weighted by Gasteiger charge is 2.27. The summed E-state index contributed by atoms with van der Waals surface area (Å²) in [5.74, 6) is 2.84. The second kappa shape index (κ2) is 12.6. The lowest BCUT2D eigenvalue weighted by Gasteiger charge is -2.33. The predicted octanol–water partition coefficient (Wildman–Crippen LogP) is 8.94. The maximum absolute atomic E-state index is 6.27. The Hall–Kier alpha value is -5.88. The van der Waals surface area contributed by atoms with E-state index in [0.29, 0.717) is 20.2 Å². The van der Waals surface area contributed by atoms with Crippen molar-refractivity contribution < 1.29 is 14.2 Å². The van der Waals surface area contributed by atoms with Crippen molar-refractivity contribution in [2.45, 2.75) is 25.6 Å². The molecule has 6 aromatic carbocycles. The Morgan fingerprint density at radius 2 is 0.673 bits per heavy atom. The van der Waals surface area contributed by atoms with E-state index in [0.717, 1.165) is 53.9 Å². The Kier molecular flexibility index (Phi) is 7.54. The van der Waals surface area contributed by atoms with Gasteiger partial charge in [0, 0.05) is 59.3 Å². The minimum absolute atomic E-state index is 0.00722. The molecule has 6 heteroatoms. The van der Waals surface area contributed by atoms with E-state index in [9.17, 15) is 0 Å². The van der Waals surface area contributed by atoms with Gasteiger partial charge in [0.1, 0.15) is 17.2 Å². The lowest BCUT2D eigenvalue weighted by molar-refractivity contribution is 0.289. The molecule has 9 rings (SSSR count). The molecular formula is C43H37N3O3. The quantitative estimate of drug-likeness (QED) is 0.169. The summed E-state index contributed by atoms with van der Waals surface area (Å²) >= 11 is 0. The third kappa shape index (κ3) is 5.80. The van der Waals surface area contributed by atoms with Crippen LogP contribution in [-0.2, 0) is 19.6 Å². The fraction of sp³-hybridized carbons (Fsp3) is 0.163. The standard InChI is InChI=1S/C43H37N3O3/c1-4-10-37(11-5-1)44-25-34-22-31(16-19-40(34)47-28-44)43(32-17-20-41-35(23-32)26-45(29-48-41)38-12-6-2-7-13-38)33-18-21-42-36(24-33)27-46(30-49-42)39-14-8-3-9-15-39/h1-24,43H,25-30H2. The fourth-order valence-corrected chi connectivity index (χ4v) is 7.32. The summed E-state index contributed by atoms with van der Waals surface area (Å²) < 4.78 is 18.8.